The van der Waals surface area contributed by atoms with Crippen molar-refractivity contribution < 1.29 is 19.5 Å². The Labute approximate surface area is 182 Å². The summed E-state index contributed by atoms with van der Waals surface area (Å²) in [6.07, 6.45) is 0. The third-order valence-corrected chi connectivity index (χ3v) is 5.40. The first-order valence-corrected chi connectivity index (χ1v) is 9.53. The lowest BCUT2D eigenvalue weighted by molar-refractivity contribution is -0.139. The summed E-state index contributed by atoms with van der Waals surface area (Å²) in [4.78, 5) is 78.8. The van der Waals surface area contributed by atoms with E-state index in [0.29, 0.717) is 11.0 Å². The molecular formula is C19H14N8O6. The summed E-state index contributed by atoms with van der Waals surface area (Å²) >= 11 is 0. The van der Waals surface area contributed by atoms with E-state index in [-0.39, 0.29) is 17.1 Å². The molecule has 1 atom stereocenters. The van der Waals surface area contributed by atoms with E-state index in [1.54, 1.807) is 24.3 Å². The Hall–Kier alpha value is -4.72. The fraction of sp³-hybridized carbons (Fsp3) is 0.158. The summed E-state index contributed by atoms with van der Waals surface area (Å²) < 4.78 is 0. The molecule has 2 aliphatic rings. The van der Waals surface area contributed by atoms with Crippen molar-refractivity contribution in [2.45, 2.75) is 5.66 Å². The van der Waals surface area contributed by atoms with Crippen molar-refractivity contribution in [3.8, 4) is 5.88 Å². The summed E-state index contributed by atoms with van der Waals surface area (Å²) in [5.41, 5.74) is -3.67. The highest BCUT2D eigenvalue weighted by Gasteiger charge is 2.57. The second-order valence-electron chi connectivity index (χ2n) is 7.26. The minimum Gasteiger partial charge on any atom is -0.494 e. The van der Waals surface area contributed by atoms with Gasteiger partial charge < -0.3 is 5.11 Å². The Balaban J connectivity index is 1.86. The molecule has 0 spiro atoms. The number of urea groups is 1. The molecule has 6 N–H and O–H groups in total. The lowest BCUT2D eigenvalue weighted by Gasteiger charge is -2.34. The number of benzene rings is 1. The van der Waals surface area contributed by atoms with Crippen LogP contribution in [0.15, 0.2) is 38.8 Å². The molecule has 2 aromatic heterocycles. The minimum absolute atomic E-state index is 0.00611. The molecule has 14 heteroatoms. The normalized spacial score (nSPS) is 20.4. The molecule has 4 heterocycles. The predicted octanol–water partition coefficient (Wildman–Crippen LogP) is -2.08. The number of carbonyl (C=O) groups is 3. The summed E-state index contributed by atoms with van der Waals surface area (Å²) in [6, 6.07) is 5.72. The lowest BCUT2D eigenvalue weighted by atomic mass is 9.87. The zero-order valence-corrected chi connectivity index (χ0v) is 16.7. The molecule has 5 rings (SSSR count). The quantitative estimate of drug-likeness (QED) is 0.241. The van der Waals surface area contributed by atoms with Crippen LogP contribution in [0.3, 0.4) is 0 Å². The number of imide groups is 2. The van der Waals surface area contributed by atoms with Gasteiger partial charge in [-0.1, -0.05) is 12.1 Å². The van der Waals surface area contributed by atoms with Crippen LogP contribution in [0, 0.1) is 5.92 Å². The third kappa shape index (κ3) is 2.85. The fourth-order valence-corrected chi connectivity index (χ4v) is 4.00. The summed E-state index contributed by atoms with van der Waals surface area (Å²) in [5, 5.41) is 17.2. The molecule has 0 radical (unpaired) electrons. The number of carbonyl (C=O) groups excluding carboxylic acids is 3. The number of aromatic amines is 2. The van der Waals surface area contributed by atoms with Gasteiger partial charge in [-0.3, -0.25) is 45.3 Å². The van der Waals surface area contributed by atoms with Crippen molar-refractivity contribution in [2.24, 2.45) is 10.9 Å². The van der Waals surface area contributed by atoms with E-state index in [0.717, 1.165) is 0 Å². The smallest absolute Gasteiger partial charge is 0.328 e. The largest absolute Gasteiger partial charge is 0.494 e. The number of hydrogen-bond donors (Lipinski definition) is 6. The molecule has 3 aromatic rings. The van der Waals surface area contributed by atoms with Crippen LogP contribution in [0.2, 0.25) is 0 Å². The summed E-state index contributed by atoms with van der Waals surface area (Å²) in [5.74, 6) is -4.33. The van der Waals surface area contributed by atoms with Gasteiger partial charge in [0.25, 0.3) is 5.56 Å². The number of para-hydroxylation sites is 2. The van der Waals surface area contributed by atoms with E-state index in [9.17, 15) is 29.1 Å². The first-order valence-electron chi connectivity index (χ1n) is 9.53. The van der Waals surface area contributed by atoms with Crippen LogP contribution in [0.25, 0.3) is 11.0 Å². The average Bonchev–Trinajstić information content (AvgIpc) is 3.05. The van der Waals surface area contributed by atoms with E-state index in [4.69, 9.17) is 0 Å². The number of barbiturate groups is 1. The van der Waals surface area contributed by atoms with Crippen molar-refractivity contribution in [1.82, 2.24) is 35.9 Å². The first-order chi connectivity index (χ1) is 15.7. The van der Waals surface area contributed by atoms with E-state index < -0.39 is 52.1 Å². The standard InChI is InChI=1S/C19H14N8O6/c1-20-19(9-15(30)25-18(33)26-16(9)31)12-11(21-6-4-2-3-5-7(6)22-12)10(27-19)8-13(28)23-17(32)24-14(8)29/h2-5,9,20H,1H3,(H3,23,24,28,29,32)(H2,25,26,30,31,33). The third-order valence-electron chi connectivity index (χ3n) is 5.40. The van der Waals surface area contributed by atoms with Gasteiger partial charge in [0.15, 0.2) is 11.6 Å². The van der Waals surface area contributed by atoms with Crippen LogP contribution in [-0.4, -0.2) is 55.6 Å². The predicted molar refractivity (Wildman–Crippen MR) is 110 cm³/mol. The number of H-pyrrole nitrogens is 2. The maximum Gasteiger partial charge on any atom is 0.328 e. The average molecular weight is 450 g/mol. The molecule has 166 valence electrons. The molecule has 0 aliphatic carbocycles. The highest BCUT2D eigenvalue weighted by Crippen LogP contribution is 2.40. The van der Waals surface area contributed by atoms with Crippen molar-refractivity contribution in [3.63, 3.8) is 0 Å². The maximum atomic E-state index is 12.7. The number of aromatic hydroxyl groups is 1. The molecule has 1 fully saturated rings. The van der Waals surface area contributed by atoms with Crippen molar-refractivity contribution >= 4 is 34.6 Å². The van der Waals surface area contributed by atoms with Crippen molar-refractivity contribution in [2.75, 3.05) is 7.05 Å². The van der Waals surface area contributed by atoms with E-state index in [2.05, 4.69) is 25.3 Å². The molecule has 33 heavy (non-hydrogen) atoms. The van der Waals surface area contributed by atoms with Crippen LogP contribution in [0.5, 0.6) is 5.88 Å². The molecule has 1 saturated heterocycles. The summed E-state index contributed by atoms with van der Waals surface area (Å²) in [7, 11) is 1.40. The second kappa shape index (κ2) is 6.89. The molecule has 14 nitrogen and oxygen atoms in total. The van der Waals surface area contributed by atoms with Crippen LogP contribution < -0.4 is 27.2 Å². The number of rotatable bonds is 3. The van der Waals surface area contributed by atoms with Gasteiger partial charge in [0.05, 0.1) is 11.0 Å². The highest BCUT2D eigenvalue weighted by atomic mass is 16.3. The Kier molecular flexibility index (Phi) is 4.22. The molecule has 1 unspecified atom stereocenters. The number of fused-ring (bicyclic) bond motifs is 2. The second-order valence-corrected chi connectivity index (χ2v) is 7.26. The van der Waals surface area contributed by atoms with Gasteiger partial charge in [-0.2, -0.15) is 0 Å². The van der Waals surface area contributed by atoms with E-state index in [1.807, 2.05) is 15.6 Å². The zero-order chi connectivity index (χ0) is 23.5. The number of amides is 4. The topological polar surface area (TPSA) is 211 Å². The van der Waals surface area contributed by atoms with E-state index >= 15 is 0 Å². The van der Waals surface area contributed by atoms with Crippen LogP contribution in [-0.2, 0) is 15.3 Å². The Morgan fingerprint density at radius 2 is 1.61 bits per heavy atom. The van der Waals surface area contributed by atoms with E-state index in [1.165, 1.54) is 7.05 Å². The number of nitrogens with zero attached hydrogens (tertiary/aromatic N) is 3. The van der Waals surface area contributed by atoms with Crippen LogP contribution in [0.4, 0.5) is 4.79 Å². The minimum atomic E-state index is -1.90. The molecule has 2 aliphatic heterocycles. The Bertz CT molecular complexity index is 1520. The van der Waals surface area contributed by atoms with Gasteiger partial charge in [-0.05, 0) is 19.2 Å². The van der Waals surface area contributed by atoms with Gasteiger partial charge in [0.2, 0.25) is 17.7 Å². The van der Waals surface area contributed by atoms with Gasteiger partial charge in [-0.15, -0.1) is 0 Å². The molecule has 1 aromatic carbocycles. The van der Waals surface area contributed by atoms with Gasteiger partial charge in [0.1, 0.15) is 22.7 Å². The Morgan fingerprint density at radius 3 is 2.21 bits per heavy atom. The fourth-order valence-electron chi connectivity index (χ4n) is 4.00. The van der Waals surface area contributed by atoms with Crippen LogP contribution >= 0.6 is 0 Å². The molecule has 4 amide bonds. The van der Waals surface area contributed by atoms with Gasteiger partial charge in [0, 0.05) is 0 Å². The Morgan fingerprint density at radius 1 is 0.970 bits per heavy atom. The van der Waals surface area contributed by atoms with Crippen molar-refractivity contribution in [3.05, 3.63) is 62.1 Å². The van der Waals surface area contributed by atoms with Gasteiger partial charge >= 0.3 is 11.7 Å². The number of aliphatic imine (C=N–C) groups is 1. The van der Waals surface area contributed by atoms with Gasteiger partial charge in [-0.25, -0.2) is 19.6 Å². The lowest BCUT2D eigenvalue weighted by Crippen LogP contribution is -2.64. The van der Waals surface area contributed by atoms with Crippen LogP contribution in [0.1, 0.15) is 17.0 Å². The first kappa shape index (κ1) is 20.2. The zero-order valence-electron chi connectivity index (χ0n) is 16.7. The SMILES string of the molecule is CNC1(C2C(=O)NC(=O)NC2=O)N=C(c2c(O)[nH]c(=O)[nH]c2=O)c2nc3ccccc3nc21. The molecular weight excluding hydrogens is 436 g/mol. The molecule has 0 bridgehead atoms. The molecule has 0 saturated carbocycles. The van der Waals surface area contributed by atoms with Crippen molar-refractivity contribution in [1.29, 1.82) is 0 Å². The maximum absolute atomic E-state index is 12.7. The number of hydrogen-bond acceptors (Lipinski definition) is 10. The number of aromatic nitrogens is 4. The monoisotopic (exact) mass is 450 g/mol. The number of nitrogens with one attached hydrogen (secondary N) is 5. The summed E-state index contributed by atoms with van der Waals surface area (Å²) in [6.45, 7) is 0. The highest BCUT2D eigenvalue weighted by molar-refractivity contribution is 6.20.